The fourth-order valence-corrected chi connectivity index (χ4v) is 3.05. The fourth-order valence-electron chi connectivity index (χ4n) is 2.00. The number of nitrogens with two attached hydrogens (primary N) is 1. The van der Waals surface area contributed by atoms with Crippen LogP contribution in [0.4, 0.5) is 13.2 Å². The Hall–Kier alpha value is -1.40. The zero-order valence-corrected chi connectivity index (χ0v) is 12.0. The Balaban J connectivity index is 2.24. The van der Waals surface area contributed by atoms with Crippen molar-refractivity contribution in [1.82, 2.24) is 4.98 Å². The van der Waals surface area contributed by atoms with Gasteiger partial charge >= 0.3 is 6.18 Å². The van der Waals surface area contributed by atoms with E-state index in [0.717, 1.165) is 21.6 Å². The second-order valence-electron chi connectivity index (χ2n) is 4.72. The highest BCUT2D eigenvalue weighted by Gasteiger charge is 2.30. The minimum absolute atomic E-state index is 0.109. The Morgan fingerprint density at radius 1 is 1.35 bits per heavy atom. The van der Waals surface area contributed by atoms with E-state index >= 15 is 0 Å². The van der Waals surface area contributed by atoms with Crippen LogP contribution in [0.25, 0.3) is 0 Å². The van der Waals surface area contributed by atoms with Crippen LogP contribution < -0.4 is 5.73 Å². The van der Waals surface area contributed by atoms with E-state index in [-0.39, 0.29) is 6.04 Å². The van der Waals surface area contributed by atoms with Gasteiger partial charge in [-0.1, -0.05) is 18.2 Å². The predicted octanol–water partition coefficient (Wildman–Crippen LogP) is 4.08. The van der Waals surface area contributed by atoms with Crippen molar-refractivity contribution in [2.75, 3.05) is 0 Å². The van der Waals surface area contributed by atoms with Crippen molar-refractivity contribution in [1.29, 1.82) is 0 Å². The standard InChI is InChI=1S/C14H15F3N2S/c1-8(18)13-9(2)19-12(20-13)7-10-4-3-5-11(6-10)14(15,16)17/h3-6,8H,7,18H2,1-2H3. The number of nitrogens with zero attached hydrogens (tertiary/aromatic N) is 1. The first-order valence-corrected chi connectivity index (χ1v) is 6.97. The van der Waals surface area contributed by atoms with Crippen molar-refractivity contribution < 1.29 is 13.2 Å². The van der Waals surface area contributed by atoms with Crippen molar-refractivity contribution in [3.8, 4) is 0 Å². The summed E-state index contributed by atoms with van der Waals surface area (Å²) < 4.78 is 38.0. The fraction of sp³-hybridized carbons (Fsp3) is 0.357. The summed E-state index contributed by atoms with van der Waals surface area (Å²) in [6.07, 6.45) is -3.92. The third-order valence-corrected chi connectivity index (χ3v) is 4.26. The predicted molar refractivity (Wildman–Crippen MR) is 73.7 cm³/mol. The SMILES string of the molecule is Cc1nc(Cc2cccc(C(F)(F)F)c2)sc1C(C)N. The van der Waals surface area contributed by atoms with Crippen LogP contribution in [0.15, 0.2) is 24.3 Å². The van der Waals surface area contributed by atoms with Gasteiger partial charge in [0.15, 0.2) is 0 Å². The maximum Gasteiger partial charge on any atom is 0.416 e. The van der Waals surface area contributed by atoms with Gasteiger partial charge in [-0.3, -0.25) is 0 Å². The topological polar surface area (TPSA) is 38.9 Å². The van der Waals surface area contributed by atoms with E-state index in [1.807, 2.05) is 13.8 Å². The van der Waals surface area contributed by atoms with Crippen LogP contribution >= 0.6 is 11.3 Å². The molecule has 0 spiro atoms. The van der Waals surface area contributed by atoms with E-state index < -0.39 is 11.7 Å². The van der Waals surface area contributed by atoms with Gasteiger partial charge in [-0.2, -0.15) is 13.2 Å². The smallest absolute Gasteiger partial charge is 0.323 e. The van der Waals surface area contributed by atoms with Gasteiger partial charge < -0.3 is 5.73 Å². The van der Waals surface area contributed by atoms with Crippen LogP contribution in [0.5, 0.6) is 0 Å². The minimum atomic E-state index is -4.31. The summed E-state index contributed by atoms with van der Waals surface area (Å²) in [7, 11) is 0. The van der Waals surface area contributed by atoms with E-state index in [4.69, 9.17) is 5.73 Å². The van der Waals surface area contributed by atoms with Crippen molar-refractivity contribution in [2.45, 2.75) is 32.5 Å². The number of hydrogen-bond acceptors (Lipinski definition) is 3. The Morgan fingerprint density at radius 3 is 2.60 bits per heavy atom. The molecule has 0 bridgehead atoms. The van der Waals surface area contributed by atoms with Crippen LogP contribution in [0.3, 0.4) is 0 Å². The maximum atomic E-state index is 12.7. The molecule has 20 heavy (non-hydrogen) atoms. The number of alkyl halides is 3. The molecular formula is C14H15F3N2S. The Morgan fingerprint density at radius 2 is 2.05 bits per heavy atom. The molecule has 1 atom stereocenters. The molecule has 1 aromatic carbocycles. The lowest BCUT2D eigenvalue weighted by molar-refractivity contribution is -0.137. The van der Waals surface area contributed by atoms with Gasteiger partial charge in [0.05, 0.1) is 16.3 Å². The van der Waals surface area contributed by atoms with Gasteiger partial charge in [-0.25, -0.2) is 4.98 Å². The Kier molecular flexibility index (Phi) is 4.15. The molecular weight excluding hydrogens is 285 g/mol. The molecule has 0 amide bonds. The monoisotopic (exact) mass is 300 g/mol. The van der Waals surface area contributed by atoms with Crippen LogP contribution in [-0.2, 0) is 12.6 Å². The van der Waals surface area contributed by atoms with Crippen LogP contribution in [0.2, 0.25) is 0 Å². The summed E-state index contributed by atoms with van der Waals surface area (Å²) in [5.74, 6) is 0. The molecule has 0 aliphatic carbocycles. The summed E-state index contributed by atoms with van der Waals surface area (Å²) in [4.78, 5) is 5.35. The van der Waals surface area contributed by atoms with E-state index in [0.29, 0.717) is 12.0 Å². The molecule has 0 aliphatic heterocycles. The molecule has 0 fully saturated rings. The van der Waals surface area contributed by atoms with Gasteiger partial charge in [0.1, 0.15) is 0 Å². The van der Waals surface area contributed by atoms with E-state index in [9.17, 15) is 13.2 Å². The van der Waals surface area contributed by atoms with Gasteiger partial charge in [0.2, 0.25) is 0 Å². The molecule has 2 aromatic rings. The van der Waals surface area contributed by atoms with Crippen molar-refractivity contribution >= 4 is 11.3 Å². The Labute approximate surface area is 119 Å². The zero-order chi connectivity index (χ0) is 14.9. The lowest BCUT2D eigenvalue weighted by Crippen LogP contribution is -2.05. The molecule has 2 N–H and O–H groups in total. The van der Waals surface area contributed by atoms with Crippen molar-refractivity contribution in [3.63, 3.8) is 0 Å². The third kappa shape index (κ3) is 3.37. The highest BCUT2D eigenvalue weighted by atomic mass is 32.1. The van der Waals surface area contributed by atoms with Crippen LogP contribution in [-0.4, -0.2) is 4.98 Å². The van der Waals surface area contributed by atoms with E-state index in [2.05, 4.69) is 4.98 Å². The number of hydrogen-bond donors (Lipinski definition) is 1. The number of aromatic nitrogens is 1. The molecule has 1 aromatic heterocycles. The van der Waals surface area contributed by atoms with Gasteiger partial charge in [0, 0.05) is 17.3 Å². The maximum absolute atomic E-state index is 12.7. The molecule has 6 heteroatoms. The molecule has 108 valence electrons. The van der Waals surface area contributed by atoms with Crippen molar-refractivity contribution in [3.05, 3.63) is 51.0 Å². The quantitative estimate of drug-likeness (QED) is 0.927. The summed E-state index contributed by atoms with van der Waals surface area (Å²) in [5, 5.41) is 0.786. The number of aryl methyl sites for hydroxylation is 1. The summed E-state index contributed by atoms with van der Waals surface area (Å²) in [5.41, 5.74) is 6.65. The number of rotatable bonds is 3. The molecule has 0 saturated heterocycles. The number of thiazole rings is 1. The second kappa shape index (κ2) is 5.54. The minimum Gasteiger partial charge on any atom is -0.323 e. The Bertz CT molecular complexity index is 603. The number of halogens is 3. The molecule has 0 aliphatic rings. The molecule has 2 nitrogen and oxygen atoms in total. The van der Waals surface area contributed by atoms with E-state index in [1.165, 1.54) is 23.5 Å². The molecule has 1 heterocycles. The molecule has 0 radical (unpaired) electrons. The largest absolute Gasteiger partial charge is 0.416 e. The zero-order valence-electron chi connectivity index (χ0n) is 11.2. The van der Waals surface area contributed by atoms with Crippen molar-refractivity contribution in [2.24, 2.45) is 5.73 Å². The summed E-state index contributed by atoms with van der Waals surface area (Å²) in [6, 6.07) is 5.23. The summed E-state index contributed by atoms with van der Waals surface area (Å²) >= 11 is 1.46. The molecule has 0 saturated carbocycles. The van der Waals surface area contributed by atoms with Crippen LogP contribution in [0.1, 0.15) is 39.7 Å². The lowest BCUT2D eigenvalue weighted by Gasteiger charge is -2.07. The lowest BCUT2D eigenvalue weighted by atomic mass is 10.1. The average molecular weight is 300 g/mol. The first-order chi connectivity index (χ1) is 9.27. The second-order valence-corrected chi connectivity index (χ2v) is 5.84. The molecule has 2 rings (SSSR count). The first-order valence-electron chi connectivity index (χ1n) is 6.15. The number of benzene rings is 1. The van der Waals surface area contributed by atoms with E-state index in [1.54, 1.807) is 6.07 Å². The average Bonchev–Trinajstić information content (AvgIpc) is 2.69. The van der Waals surface area contributed by atoms with Gasteiger partial charge in [0.25, 0.3) is 0 Å². The third-order valence-electron chi connectivity index (χ3n) is 2.90. The normalized spacial score (nSPS) is 13.5. The highest BCUT2D eigenvalue weighted by molar-refractivity contribution is 7.11. The first kappa shape index (κ1) is 15.0. The van der Waals surface area contributed by atoms with Gasteiger partial charge in [-0.15, -0.1) is 11.3 Å². The van der Waals surface area contributed by atoms with Crippen LogP contribution in [0, 0.1) is 6.92 Å². The van der Waals surface area contributed by atoms with Gasteiger partial charge in [-0.05, 0) is 25.5 Å². The molecule has 1 unspecified atom stereocenters. The highest BCUT2D eigenvalue weighted by Crippen LogP contribution is 2.31. The summed E-state index contributed by atoms with van der Waals surface area (Å²) in [6.45, 7) is 3.74.